The first-order chi connectivity index (χ1) is 19.0. The first-order valence-electron chi connectivity index (χ1n) is 13.1. The molecule has 9 nitrogen and oxygen atoms in total. The van der Waals surface area contributed by atoms with E-state index in [4.69, 9.17) is 0 Å². The fraction of sp³-hybridized carbons (Fsp3) is 0.429. The van der Waals surface area contributed by atoms with Crippen molar-refractivity contribution in [2.24, 2.45) is 0 Å². The third-order valence-electron chi connectivity index (χ3n) is 7.04. The average molecular weight is 560 g/mol. The Hall–Kier alpha value is -3.93. The average Bonchev–Trinajstić information content (AvgIpc) is 3.37. The number of rotatable bonds is 7. The molecule has 0 radical (unpaired) electrons. The topological polar surface area (TPSA) is 102 Å². The van der Waals surface area contributed by atoms with Gasteiger partial charge in [-0.3, -0.25) is 24.1 Å². The Morgan fingerprint density at radius 3 is 2.27 bits per heavy atom. The van der Waals surface area contributed by atoms with E-state index in [2.05, 4.69) is 10.6 Å². The number of alkyl halides is 3. The number of likely N-dealkylation sites (tertiary alicyclic amines) is 1. The summed E-state index contributed by atoms with van der Waals surface area (Å²) in [6, 6.07) is 11.2. The van der Waals surface area contributed by atoms with Gasteiger partial charge in [-0.1, -0.05) is 23.8 Å². The van der Waals surface area contributed by atoms with E-state index >= 15 is 0 Å². The van der Waals surface area contributed by atoms with Crippen LogP contribution >= 0.6 is 0 Å². The van der Waals surface area contributed by atoms with Gasteiger partial charge in [-0.05, 0) is 43.7 Å². The molecule has 2 aliphatic heterocycles. The zero-order chi connectivity index (χ0) is 28.9. The molecule has 2 aliphatic rings. The van der Waals surface area contributed by atoms with Gasteiger partial charge in [0.2, 0.25) is 11.8 Å². The molecule has 0 spiro atoms. The molecule has 0 saturated carbocycles. The molecule has 0 aliphatic carbocycles. The molecule has 2 N–H and O–H groups in total. The molecule has 4 rings (SSSR count). The molecule has 40 heavy (non-hydrogen) atoms. The van der Waals surface area contributed by atoms with Crippen molar-refractivity contribution in [1.82, 2.24) is 25.3 Å². The minimum absolute atomic E-state index is 0.0389. The largest absolute Gasteiger partial charge is 0.416 e. The summed E-state index contributed by atoms with van der Waals surface area (Å²) in [7, 11) is 0. The van der Waals surface area contributed by atoms with E-state index in [0.717, 1.165) is 23.8 Å². The van der Waals surface area contributed by atoms with E-state index in [1.54, 1.807) is 15.9 Å². The van der Waals surface area contributed by atoms with Crippen LogP contribution < -0.4 is 10.6 Å². The fourth-order valence-electron chi connectivity index (χ4n) is 4.88. The number of nitrogens with zero attached hydrogens (tertiary/aromatic N) is 3. The molecule has 2 aromatic carbocycles. The highest BCUT2D eigenvalue weighted by molar-refractivity contribution is 5.96. The first kappa shape index (κ1) is 29.1. The van der Waals surface area contributed by atoms with E-state index < -0.39 is 23.6 Å². The second-order valence-corrected chi connectivity index (χ2v) is 10.1. The Kier molecular flexibility index (Phi) is 9.08. The Morgan fingerprint density at radius 2 is 1.57 bits per heavy atom. The molecule has 2 fully saturated rings. The number of carbonyl (C=O) groups excluding carboxylic acids is 4. The molecule has 214 valence electrons. The quantitative estimate of drug-likeness (QED) is 0.540. The van der Waals surface area contributed by atoms with Crippen LogP contribution in [0.3, 0.4) is 0 Å². The molecular formula is C28H32F3N5O4. The third kappa shape index (κ3) is 7.59. The minimum atomic E-state index is -4.57. The van der Waals surface area contributed by atoms with Gasteiger partial charge in [0.05, 0.1) is 18.7 Å². The number of benzene rings is 2. The summed E-state index contributed by atoms with van der Waals surface area (Å²) in [4.78, 5) is 55.6. The highest BCUT2D eigenvalue weighted by Crippen LogP contribution is 2.29. The van der Waals surface area contributed by atoms with Crippen LogP contribution in [0.5, 0.6) is 0 Å². The van der Waals surface area contributed by atoms with Crippen molar-refractivity contribution < 1.29 is 32.3 Å². The number of hydrogen-bond acceptors (Lipinski definition) is 5. The lowest BCUT2D eigenvalue weighted by atomic mass is 10.1. The maximum atomic E-state index is 12.9. The molecule has 4 amide bonds. The standard InChI is InChI=1S/C28H32F3N5O4/c1-19-4-2-6-21(14-19)27(40)36-12-10-35(11-13-36)25(38)18-34-9-8-23(17-34)33-24(37)16-32-26(39)20-5-3-7-22(15-20)28(29,30)31/h2-7,14-15,23H,8-13,16-18H2,1H3,(H,32,39)(H,33,37). The van der Waals surface area contributed by atoms with Crippen molar-refractivity contribution in [3.05, 3.63) is 70.8 Å². The second kappa shape index (κ2) is 12.5. The Morgan fingerprint density at radius 1 is 0.900 bits per heavy atom. The van der Waals surface area contributed by atoms with Crippen molar-refractivity contribution in [2.75, 3.05) is 52.4 Å². The van der Waals surface area contributed by atoms with E-state index in [-0.39, 0.29) is 36.5 Å². The van der Waals surface area contributed by atoms with Gasteiger partial charge in [0.1, 0.15) is 0 Å². The van der Waals surface area contributed by atoms with Crippen LogP contribution in [0.15, 0.2) is 48.5 Å². The smallest absolute Gasteiger partial charge is 0.350 e. The van der Waals surface area contributed by atoms with Gasteiger partial charge in [0, 0.05) is 56.4 Å². The van der Waals surface area contributed by atoms with E-state index in [1.165, 1.54) is 6.07 Å². The van der Waals surface area contributed by atoms with Crippen LogP contribution in [0.1, 0.15) is 38.3 Å². The summed E-state index contributed by atoms with van der Waals surface area (Å²) in [6.45, 7) is 4.66. The number of halogens is 3. The maximum absolute atomic E-state index is 12.9. The van der Waals surface area contributed by atoms with Gasteiger partial charge in [0.25, 0.3) is 11.8 Å². The van der Waals surface area contributed by atoms with Gasteiger partial charge in [-0.2, -0.15) is 13.2 Å². The Labute approximate surface area is 230 Å². The van der Waals surface area contributed by atoms with E-state index in [1.807, 2.05) is 30.0 Å². The van der Waals surface area contributed by atoms with Crippen LogP contribution in [0.25, 0.3) is 0 Å². The lowest BCUT2D eigenvalue weighted by Gasteiger charge is -2.35. The van der Waals surface area contributed by atoms with Crippen molar-refractivity contribution in [1.29, 1.82) is 0 Å². The van der Waals surface area contributed by atoms with Crippen molar-refractivity contribution >= 4 is 23.6 Å². The molecule has 12 heteroatoms. The summed E-state index contributed by atoms with van der Waals surface area (Å²) in [5, 5.41) is 5.14. The normalized spacial score (nSPS) is 17.9. The van der Waals surface area contributed by atoms with Gasteiger partial charge in [0.15, 0.2) is 0 Å². The van der Waals surface area contributed by atoms with Crippen LogP contribution in [-0.2, 0) is 15.8 Å². The van der Waals surface area contributed by atoms with Crippen LogP contribution in [0, 0.1) is 6.92 Å². The summed E-state index contributed by atoms with van der Waals surface area (Å²) in [5.41, 5.74) is 0.524. The molecule has 1 atom stereocenters. The predicted molar refractivity (Wildman–Crippen MR) is 140 cm³/mol. The Balaban J connectivity index is 1.16. The monoisotopic (exact) mass is 559 g/mol. The number of hydrogen-bond donors (Lipinski definition) is 2. The number of amides is 4. The highest BCUT2D eigenvalue weighted by Gasteiger charge is 2.31. The second-order valence-electron chi connectivity index (χ2n) is 10.1. The number of piperazine rings is 1. The lowest BCUT2D eigenvalue weighted by Crippen LogP contribution is -2.52. The fourth-order valence-corrected chi connectivity index (χ4v) is 4.88. The molecule has 2 saturated heterocycles. The first-order valence-corrected chi connectivity index (χ1v) is 13.1. The van der Waals surface area contributed by atoms with Crippen LogP contribution in [-0.4, -0.2) is 96.7 Å². The van der Waals surface area contributed by atoms with Crippen LogP contribution in [0.2, 0.25) is 0 Å². The SMILES string of the molecule is Cc1cccc(C(=O)N2CCN(C(=O)CN3CCC(NC(=O)CNC(=O)c4cccc(C(F)(F)F)c4)C3)CC2)c1. The van der Waals surface area contributed by atoms with Crippen molar-refractivity contribution in [3.8, 4) is 0 Å². The molecule has 1 unspecified atom stereocenters. The number of carbonyl (C=O) groups is 4. The van der Waals surface area contributed by atoms with Gasteiger partial charge >= 0.3 is 6.18 Å². The lowest BCUT2D eigenvalue weighted by molar-refractivity contribution is -0.137. The van der Waals surface area contributed by atoms with E-state index in [9.17, 15) is 32.3 Å². The summed E-state index contributed by atoms with van der Waals surface area (Å²) >= 11 is 0. The molecular weight excluding hydrogens is 527 g/mol. The predicted octanol–water partition coefficient (Wildman–Crippen LogP) is 1.92. The van der Waals surface area contributed by atoms with Crippen molar-refractivity contribution in [2.45, 2.75) is 25.6 Å². The third-order valence-corrected chi connectivity index (χ3v) is 7.04. The summed E-state index contributed by atoms with van der Waals surface area (Å²) in [5.74, 6) is -1.32. The van der Waals surface area contributed by atoms with Gasteiger partial charge < -0.3 is 20.4 Å². The molecule has 0 bridgehead atoms. The van der Waals surface area contributed by atoms with Gasteiger partial charge in [-0.15, -0.1) is 0 Å². The van der Waals surface area contributed by atoms with Crippen molar-refractivity contribution in [3.63, 3.8) is 0 Å². The van der Waals surface area contributed by atoms with Gasteiger partial charge in [-0.25, -0.2) is 0 Å². The molecule has 0 aromatic heterocycles. The molecule has 2 heterocycles. The zero-order valence-electron chi connectivity index (χ0n) is 22.2. The number of aryl methyl sites for hydroxylation is 1. The summed E-state index contributed by atoms with van der Waals surface area (Å²) in [6.07, 6.45) is -3.95. The maximum Gasteiger partial charge on any atom is 0.416 e. The Bertz CT molecular complexity index is 1260. The highest BCUT2D eigenvalue weighted by atomic mass is 19.4. The summed E-state index contributed by atoms with van der Waals surface area (Å²) < 4.78 is 38.6. The van der Waals surface area contributed by atoms with Crippen LogP contribution in [0.4, 0.5) is 13.2 Å². The number of nitrogens with one attached hydrogen (secondary N) is 2. The minimum Gasteiger partial charge on any atom is -0.350 e. The molecule has 2 aromatic rings. The van der Waals surface area contributed by atoms with E-state index in [0.29, 0.717) is 51.3 Å². The zero-order valence-corrected chi connectivity index (χ0v) is 22.2.